The fourth-order valence-corrected chi connectivity index (χ4v) is 5.96. The van der Waals surface area contributed by atoms with Crippen molar-refractivity contribution < 1.29 is 32.9 Å². The SMILES string of the molecule is CCCC/C=C/CC/C=C/CC/C=C/C(O)C(COP(=O)([O-])OCC[N+](C)(C)C)NC(=O)CCCCCCCC/C=C\C/C=C\C/C=C\CCCCC. The van der Waals surface area contributed by atoms with Crippen molar-refractivity contribution >= 4 is 13.7 Å². The zero-order valence-corrected chi connectivity index (χ0v) is 35.3. The Bertz CT molecular complexity index is 1090. The number of phosphoric ester groups is 1. The Kier molecular flexibility index (Phi) is 34.2. The lowest BCUT2D eigenvalue weighted by atomic mass is 10.1. The highest BCUT2D eigenvalue weighted by Crippen LogP contribution is 2.38. The molecule has 0 rings (SSSR count). The van der Waals surface area contributed by atoms with Gasteiger partial charge in [0.15, 0.2) is 0 Å². The van der Waals surface area contributed by atoms with Crippen molar-refractivity contribution in [3.8, 4) is 0 Å². The second-order valence-electron chi connectivity index (χ2n) is 15.0. The molecule has 0 aromatic rings. The van der Waals surface area contributed by atoms with Gasteiger partial charge >= 0.3 is 0 Å². The molecule has 0 aliphatic carbocycles. The minimum Gasteiger partial charge on any atom is -0.756 e. The summed E-state index contributed by atoms with van der Waals surface area (Å²) in [4.78, 5) is 25.2. The molecule has 0 aromatic carbocycles. The topological polar surface area (TPSA) is 108 Å². The maximum atomic E-state index is 12.8. The Hall–Kier alpha value is -2.06. The third-order valence-electron chi connectivity index (χ3n) is 8.62. The summed E-state index contributed by atoms with van der Waals surface area (Å²) in [7, 11) is 1.21. The van der Waals surface area contributed by atoms with Crippen LogP contribution in [-0.4, -0.2) is 68.5 Å². The molecule has 0 aliphatic heterocycles. The van der Waals surface area contributed by atoms with Crippen molar-refractivity contribution in [2.75, 3.05) is 40.9 Å². The average molecular weight is 763 g/mol. The molecule has 0 radical (unpaired) electrons. The maximum Gasteiger partial charge on any atom is 0.268 e. The van der Waals surface area contributed by atoms with Crippen LogP contribution >= 0.6 is 7.82 Å². The highest BCUT2D eigenvalue weighted by atomic mass is 31.2. The number of unbranched alkanes of at least 4 members (excludes halogenated alkanes) is 13. The molecule has 0 aromatic heterocycles. The number of hydrogen-bond donors (Lipinski definition) is 2. The van der Waals surface area contributed by atoms with Gasteiger partial charge < -0.3 is 28.8 Å². The Morgan fingerprint density at radius 3 is 1.72 bits per heavy atom. The van der Waals surface area contributed by atoms with E-state index in [1.165, 1.54) is 51.4 Å². The number of quaternary nitrogens is 1. The van der Waals surface area contributed by atoms with E-state index in [4.69, 9.17) is 9.05 Å². The minimum atomic E-state index is -4.60. The van der Waals surface area contributed by atoms with Crippen molar-refractivity contribution in [2.24, 2.45) is 0 Å². The number of rotatable bonds is 36. The molecule has 306 valence electrons. The van der Waals surface area contributed by atoms with E-state index in [-0.39, 0.29) is 12.5 Å². The minimum absolute atomic E-state index is 0.0156. The monoisotopic (exact) mass is 763 g/mol. The van der Waals surface area contributed by atoms with Crippen LogP contribution in [0.4, 0.5) is 0 Å². The van der Waals surface area contributed by atoms with Gasteiger partial charge in [0.25, 0.3) is 7.82 Å². The summed E-state index contributed by atoms with van der Waals surface area (Å²) < 4.78 is 23.1. The highest BCUT2D eigenvalue weighted by Gasteiger charge is 2.23. The maximum absolute atomic E-state index is 12.8. The number of aliphatic hydroxyl groups is 1. The van der Waals surface area contributed by atoms with E-state index in [1.807, 2.05) is 27.2 Å². The van der Waals surface area contributed by atoms with Crippen LogP contribution in [0.25, 0.3) is 0 Å². The van der Waals surface area contributed by atoms with Crippen LogP contribution in [0.15, 0.2) is 72.9 Å². The van der Waals surface area contributed by atoms with Gasteiger partial charge in [-0.05, 0) is 77.0 Å². The van der Waals surface area contributed by atoms with Crippen molar-refractivity contribution in [3.05, 3.63) is 72.9 Å². The quantitative estimate of drug-likeness (QED) is 0.0285. The molecule has 0 aliphatic rings. The Balaban J connectivity index is 4.53. The highest BCUT2D eigenvalue weighted by molar-refractivity contribution is 7.45. The van der Waals surface area contributed by atoms with E-state index in [0.717, 1.165) is 77.0 Å². The van der Waals surface area contributed by atoms with Gasteiger partial charge in [0, 0.05) is 6.42 Å². The number of phosphoric acid groups is 1. The van der Waals surface area contributed by atoms with Gasteiger partial charge in [-0.25, -0.2) is 0 Å². The zero-order chi connectivity index (χ0) is 39.3. The number of carbonyl (C=O) groups is 1. The number of likely N-dealkylation sites (N-methyl/N-ethyl adjacent to an activating group) is 1. The van der Waals surface area contributed by atoms with E-state index < -0.39 is 26.6 Å². The van der Waals surface area contributed by atoms with Crippen molar-refractivity contribution in [2.45, 2.75) is 161 Å². The predicted octanol–water partition coefficient (Wildman–Crippen LogP) is 10.6. The Morgan fingerprint density at radius 2 is 1.13 bits per heavy atom. The largest absolute Gasteiger partial charge is 0.756 e. The first-order valence-corrected chi connectivity index (χ1v) is 22.3. The van der Waals surface area contributed by atoms with E-state index >= 15 is 0 Å². The molecule has 0 saturated carbocycles. The summed E-state index contributed by atoms with van der Waals surface area (Å²) >= 11 is 0. The average Bonchev–Trinajstić information content (AvgIpc) is 3.10. The molecule has 0 heterocycles. The molecular weight excluding hydrogens is 683 g/mol. The first-order valence-electron chi connectivity index (χ1n) is 20.8. The standard InChI is InChI=1S/C44H79N2O6P/c1-6-8-10-12-14-16-18-20-21-22-23-24-25-26-28-30-32-34-36-38-44(48)45-42(41-52-53(49,50)51-40-39-46(3,4)5)43(47)37-35-33-31-29-27-19-17-15-13-11-9-7-2/h13-16,20-21,23-24,27,29,35,37,42-43,47H,6-12,17-19,22,25-26,28,30-34,36,38-41H2,1-5H3,(H-,45,48,49,50)/b15-13+,16-14-,21-20-,24-23-,29-27+,37-35+. The first-order chi connectivity index (χ1) is 25.5. The van der Waals surface area contributed by atoms with Crippen LogP contribution in [0.1, 0.15) is 149 Å². The van der Waals surface area contributed by atoms with E-state index in [0.29, 0.717) is 17.4 Å². The third kappa shape index (κ3) is 38.0. The van der Waals surface area contributed by atoms with E-state index in [2.05, 4.69) is 79.9 Å². The van der Waals surface area contributed by atoms with Gasteiger partial charge in [0.2, 0.25) is 5.91 Å². The van der Waals surface area contributed by atoms with Gasteiger partial charge in [0.1, 0.15) is 13.2 Å². The van der Waals surface area contributed by atoms with Crippen molar-refractivity contribution in [3.63, 3.8) is 0 Å². The molecule has 9 heteroatoms. The second kappa shape index (κ2) is 35.6. The van der Waals surface area contributed by atoms with Crippen LogP contribution in [0.5, 0.6) is 0 Å². The number of nitrogens with zero attached hydrogens (tertiary/aromatic N) is 1. The zero-order valence-electron chi connectivity index (χ0n) is 34.4. The van der Waals surface area contributed by atoms with Crippen LogP contribution < -0.4 is 10.2 Å². The number of allylic oxidation sites excluding steroid dienone is 11. The summed E-state index contributed by atoms with van der Waals surface area (Å²) in [6.07, 6.45) is 46.6. The third-order valence-corrected chi connectivity index (χ3v) is 9.58. The number of hydrogen-bond acceptors (Lipinski definition) is 6. The number of nitrogens with one attached hydrogen (secondary N) is 1. The van der Waals surface area contributed by atoms with E-state index in [1.54, 1.807) is 6.08 Å². The Labute approximate surface area is 325 Å². The van der Waals surface area contributed by atoms with Gasteiger partial charge in [0.05, 0.1) is 39.9 Å². The number of aliphatic hydroxyl groups excluding tert-OH is 1. The molecule has 8 nitrogen and oxygen atoms in total. The molecule has 53 heavy (non-hydrogen) atoms. The lowest BCUT2D eigenvalue weighted by Gasteiger charge is -2.29. The Morgan fingerprint density at radius 1 is 0.660 bits per heavy atom. The smallest absolute Gasteiger partial charge is 0.268 e. The summed E-state index contributed by atoms with van der Waals surface area (Å²) in [6.45, 7) is 4.49. The van der Waals surface area contributed by atoms with E-state index in [9.17, 15) is 19.4 Å². The summed E-state index contributed by atoms with van der Waals surface area (Å²) in [6, 6.07) is -0.918. The van der Waals surface area contributed by atoms with Gasteiger partial charge in [-0.15, -0.1) is 0 Å². The van der Waals surface area contributed by atoms with Gasteiger partial charge in [-0.2, -0.15) is 0 Å². The van der Waals surface area contributed by atoms with Crippen LogP contribution in [-0.2, 0) is 18.4 Å². The van der Waals surface area contributed by atoms with Gasteiger partial charge in [-0.3, -0.25) is 9.36 Å². The van der Waals surface area contributed by atoms with Crippen LogP contribution in [0, 0.1) is 0 Å². The first kappa shape index (κ1) is 50.9. The summed E-state index contributed by atoms with van der Waals surface area (Å²) in [5, 5.41) is 13.7. The molecule has 0 bridgehead atoms. The second-order valence-corrected chi connectivity index (χ2v) is 16.4. The van der Waals surface area contributed by atoms with Crippen LogP contribution in [0.3, 0.4) is 0 Å². The molecule has 1 amide bonds. The summed E-state index contributed by atoms with van der Waals surface area (Å²) in [5.74, 6) is -0.230. The molecule has 2 N–H and O–H groups in total. The fraction of sp³-hybridized carbons (Fsp3) is 0.705. The number of carbonyl (C=O) groups excluding carboxylic acids is 1. The molecule has 3 unspecified atom stereocenters. The predicted molar refractivity (Wildman–Crippen MR) is 223 cm³/mol. The lowest BCUT2D eigenvalue weighted by molar-refractivity contribution is -0.870. The normalized spacial score (nSPS) is 15.2. The lowest BCUT2D eigenvalue weighted by Crippen LogP contribution is -2.45. The molecule has 0 spiro atoms. The molecular formula is C44H79N2O6P. The molecule has 0 saturated heterocycles. The van der Waals surface area contributed by atoms with Gasteiger partial charge in [-0.1, -0.05) is 138 Å². The molecule has 3 atom stereocenters. The van der Waals surface area contributed by atoms with Crippen molar-refractivity contribution in [1.29, 1.82) is 0 Å². The van der Waals surface area contributed by atoms with Crippen LogP contribution in [0.2, 0.25) is 0 Å². The summed E-state index contributed by atoms with van der Waals surface area (Å²) in [5.41, 5.74) is 0. The van der Waals surface area contributed by atoms with Crippen molar-refractivity contribution in [1.82, 2.24) is 5.32 Å². The molecule has 0 fully saturated rings. The number of amides is 1. The fourth-order valence-electron chi connectivity index (χ4n) is 5.23.